The summed E-state index contributed by atoms with van der Waals surface area (Å²) in [4.78, 5) is 21.0. The Hall–Kier alpha value is -2.44. The van der Waals surface area contributed by atoms with Gasteiger partial charge in [-0.25, -0.2) is 4.99 Å². The van der Waals surface area contributed by atoms with Crippen LogP contribution in [-0.4, -0.2) is 69.7 Å². The van der Waals surface area contributed by atoms with Crippen LogP contribution in [0.25, 0.3) is 0 Å². The van der Waals surface area contributed by atoms with E-state index in [-0.39, 0.29) is 12.5 Å². The zero-order chi connectivity index (χ0) is 19.8. The van der Waals surface area contributed by atoms with Crippen LogP contribution in [0.4, 0.5) is 5.69 Å². The van der Waals surface area contributed by atoms with Crippen molar-refractivity contribution < 1.29 is 9.53 Å². The fourth-order valence-corrected chi connectivity index (χ4v) is 3.84. The van der Waals surface area contributed by atoms with Crippen molar-refractivity contribution in [1.82, 2.24) is 15.5 Å². The van der Waals surface area contributed by atoms with Crippen molar-refractivity contribution in [3.63, 3.8) is 0 Å². The summed E-state index contributed by atoms with van der Waals surface area (Å²) >= 11 is 0. The Morgan fingerprint density at radius 1 is 1.25 bits per heavy atom. The monoisotopic (exact) mass is 387 g/mol. The highest BCUT2D eigenvalue weighted by atomic mass is 16.5. The van der Waals surface area contributed by atoms with Gasteiger partial charge in [0.1, 0.15) is 12.3 Å². The molecule has 1 aromatic rings. The van der Waals surface area contributed by atoms with Crippen molar-refractivity contribution in [1.29, 1.82) is 0 Å². The lowest BCUT2D eigenvalue weighted by atomic mass is 10.1. The lowest BCUT2D eigenvalue weighted by molar-refractivity contribution is -0.128. The molecule has 1 unspecified atom stereocenters. The minimum Gasteiger partial charge on any atom is -0.497 e. The summed E-state index contributed by atoms with van der Waals surface area (Å²) in [5.41, 5.74) is 1.21. The number of benzene rings is 1. The molecule has 154 valence electrons. The SMILES string of the molecule is CCNC(=NCC(=O)N1CCCC1)NCC1CCN(c2cccc(OC)c2)C1. The van der Waals surface area contributed by atoms with Crippen LogP contribution in [0.5, 0.6) is 5.75 Å². The molecule has 0 saturated carbocycles. The summed E-state index contributed by atoms with van der Waals surface area (Å²) in [5, 5.41) is 6.67. The number of hydrogen-bond donors (Lipinski definition) is 2. The summed E-state index contributed by atoms with van der Waals surface area (Å²) in [7, 11) is 1.70. The third-order valence-electron chi connectivity index (χ3n) is 5.44. The second kappa shape index (κ2) is 10.2. The molecule has 2 aliphatic heterocycles. The Bertz CT molecular complexity index is 673. The fraction of sp³-hybridized carbons (Fsp3) is 0.619. The number of carbonyl (C=O) groups excluding carboxylic acids is 1. The normalized spacial score (nSPS) is 19.8. The molecule has 0 radical (unpaired) electrons. The van der Waals surface area contributed by atoms with Crippen LogP contribution >= 0.6 is 0 Å². The molecule has 7 heteroatoms. The average molecular weight is 388 g/mol. The summed E-state index contributed by atoms with van der Waals surface area (Å²) in [6, 6.07) is 8.23. The first-order valence-corrected chi connectivity index (χ1v) is 10.4. The topological polar surface area (TPSA) is 69.2 Å². The molecule has 2 saturated heterocycles. The van der Waals surface area contributed by atoms with Gasteiger partial charge in [-0.3, -0.25) is 4.79 Å². The molecule has 7 nitrogen and oxygen atoms in total. The molecular formula is C21H33N5O2. The van der Waals surface area contributed by atoms with Crippen molar-refractivity contribution in [2.45, 2.75) is 26.2 Å². The van der Waals surface area contributed by atoms with Gasteiger partial charge in [-0.05, 0) is 44.2 Å². The minimum absolute atomic E-state index is 0.125. The number of nitrogens with zero attached hydrogens (tertiary/aromatic N) is 3. The molecule has 0 aliphatic carbocycles. The van der Waals surface area contributed by atoms with Crippen LogP contribution in [0.15, 0.2) is 29.3 Å². The number of amides is 1. The average Bonchev–Trinajstić information content (AvgIpc) is 3.42. The highest BCUT2D eigenvalue weighted by molar-refractivity contribution is 5.85. The number of likely N-dealkylation sites (tertiary alicyclic amines) is 1. The molecule has 1 aromatic carbocycles. The lowest BCUT2D eigenvalue weighted by Gasteiger charge is -2.20. The van der Waals surface area contributed by atoms with Crippen molar-refractivity contribution in [2.24, 2.45) is 10.9 Å². The summed E-state index contributed by atoms with van der Waals surface area (Å²) < 4.78 is 5.34. The van der Waals surface area contributed by atoms with E-state index in [2.05, 4.69) is 32.7 Å². The molecule has 0 spiro atoms. The number of ether oxygens (including phenoxy) is 1. The molecular weight excluding hydrogens is 354 g/mol. The van der Waals surface area contributed by atoms with Gasteiger partial charge < -0.3 is 25.2 Å². The fourth-order valence-electron chi connectivity index (χ4n) is 3.84. The number of aliphatic imine (C=N–C) groups is 1. The van der Waals surface area contributed by atoms with E-state index in [1.165, 1.54) is 5.69 Å². The van der Waals surface area contributed by atoms with Gasteiger partial charge >= 0.3 is 0 Å². The molecule has 3 rings (SSSR count). The molecule has 2 N–H and O–H groups in total. The standard InChI is InChI=1S/C21H33N5O2/c1-3-22-21(24-15-20(27)25-10-4-5-11-25)23-14-17-9-12-26(16-17)18-7-6-8-19(13-18)28-2/h6-8,13,17H,3-5,9-12,14-16H2,1-2H3,(H2,22,23,24). The van der Waals surface area contributed by atoms with E-state index >= 15 is 0 Å². The number of methoxy groups -OCH3 is 1. The minimum atomic E-state index is 0.125. The Kier molecular flexibility index (Phi) is 7.39. The van der Waals surface area contributed by atoms with Gasteiger partial charge in [0, 0.05) is 51.0 Å². The van der Waals surface area contributed by atoms with E-state index < -0.39 is 0 Å². The van der Waals surface area contributed by atoms with E-state index in [1.807, 2.05) is 24.0 Å². The first kappa shape index (κ1) is 20.3. The zero-order valence-corrected chi connectivity index (χ0v) is 17.1. The molecule has 1 atom stereocenters. The van der Waals surface area contributed by atoms with E-state index in [1.54, 1.807) is 7.11 Å². The highest BCUT2D eigenvalue weighted by Crippen LogP contribution is 2.26. The van der Waals surface area contributed by atoms with Gasteiger partial charge in [-0.1, -0.05) is 6.07 Å². The van der Waals surface area contributed by atoms with E-state index in [0.717, 1.165) is 70.2 Å². The predicted octanol–water partition coefficient (Wildman–Crippen LogP) is 1.70. The molecule has 1 amide bonds. The molecule has 2 fully saturated rings. The van der Waals surface area contributed by atoms with Crippen LogP contribution in [0.1, 0.15) is 26.2 Å². The molecule has 0 aromatic heterocycles. The van der Waals surface area contributed by atoms with E-state index in [0.29, 0.717) is 5.92 Å². The van der Waals surface area contributed by atoms with Crippen LogP contribution in [0.3, 0.4) is 0 Å². The number of guanidine groups is 1. The van der Waals surface area contributed by atoms with Gasteiger partial charge in [-0.15, -0.1) is 0 Å². The number of rotatable bonds is 7. The molecule has 2 aliphatic rings. The largest absolute Gasteiger partial charge is 0.497 e. The lowest BCUT2D eigenvalue weighted by Crippen LogP contribution is -2.41. The third kappa shape index (κ3) is 5.53. The first-order chi connectivity index (χ1) is 13.7. The van der Waals surface area contributed by atoms with Crippen molar-refractivity contribution >= 4 is 17.6 Å². The molecule has 0 bridgehead atoms. The smallest absolute Gasteiger partial charge is 0.244 e. The highest BCUT2D eigenvalue weighted by Gasteiger charge is 2.23. The second-order valence-corrected chi connectivity index (χ2v) is 7.47. The van der Waals surface area contributed by atoms with Crippen LogP contribution < -0.4 is 20.3 Å². The Labute approximate surface area is 168 Å². The maximum atomic E-state index is 12.2. The molecule has 2 heterocycles. The third-order valence-corrected chi connectivity index (χ3v) is 5.44. The van der Waals surface area contributed by atoms with Crippen LogP contribution in [0, 0.1) is 5.92 Å². The Morgan fingerprint density at radius 3 is 2.82 bits per heavy atom. The summed E-state index contributed by atoms with van der Waals surface area (Å²) in [6.45, 7) is 7.69. The number of hydrogen-bond acceptors (Lipinski definition) is 4. The van der Waals surface area contributed by atoms with Gasteiger partial charge in [0.2, 0.25) is 5.91 Å². The van der Waals surface area contributed by atoms with Gasteiger partial charge in [0.05, 0.1) is 7.11 Å². The van der Waals surface area contributed by atoms with Gasteiger partial charge in [-0.2, -0.15) is 0 Å². The van der Waals surface area contributed by atoms with E-state index in [4.69, 9.17) is 4.74 Å². The van der Waals surface area contributed by atoms with Gasteiger partial charge in [0.25, 0.3) is 0 Å². The number of nitrogens with one attached hydrogen (secondary N) is 2. The van der Waals surface area contributed by atoms with Gasteiger partial charge in [0.15, 0.2) is 5.96 Å². The zero-order valence-electron chi connectivity index (χ0n) is 17.1. The molecule has 28 heavy (non-hydrogen) atoms. The van der Waals surface area contributed by atoms with Crippen LogP contribution in [-0.2, 0) is 4.79 Å². The summed E-state index contributed by atoms with van der Waals surface area (Å²) in [6.07, 6.45) is 3.36. The second-order valence-electron chi connectivity index (χ2n) is 7.47. The maximum Gasteiger partial charge on any atom is 0.244 e. The van der Waals surface area contributed by atoms with Crippen LogP contribution in [0.2, 0.25) is 0 Å². The quantitative estimate of drug-likeness (QED) is 0.551. The van der Waals surface area contributed by atoms with Crippen molar-refractivity contribution in [3.05, 3.63) is 24.3 Å². The van der Waals surface area contributed by atoms with E-state index in [9.17, 15) is 4.79 Å². The summed E-state index contributed by atoms with van der Waals surface area (Å²) in [5.74, 6) is 2.29. The maximum absolute atomic E-state index is 12.2. The first-order valence-electron chi connectivity index (χ1n) is 10.4. The van der Waals surface area contributed by atoms with Crippen molar-refractivity contribution in [2.75, 3.05) is 57.8 Å². The number of carbonyl (C=O) groups is 1. The number of anilines is 1. The Balaban J connectivity index is 1.48. The Morgan fingerprint density at radius 2 is 2.07 bits per heavy atom. The predicted molar refractivity (Wildman–Crippen MR) is 113 cm³/mol. The van der Waals surface area contributed by atoms with Crippen molar-refractivity contribution in [3.8, 4) is 5.75 Å².